The van der Waals surface area contributed by atoms with Gasteiger partial charge in [0, 0.05) is 18.7 Å². The van der Waals surface area contributed by atoms with Crippen molar-refractivity contribution in [2.75, 3.05) is 6.54 Å². The quantitative estimate of drug-likeness (QED) is 0.653. The van der Waals surface area contributed by atoms with Gasteiger partial charge in [-0.25, -0.2) is 0 Å². The summed E-state index contributed by atoms with van der Waals surface area (Å²) in [5.41, 5.74) is 5.59. The number of hydrogen-bond donors (Lipinski definition) is 2. The third kappa shape index (κ3) is 2.06. The van der Waals surface area contributed by atoms with Crippen molar-refractivity contribution in [3.63, 3.8) is 0 Å². The molecule has 1 aromatic rings. The summed E-state index contributed by atoms with van der Waals surface area (Å²) in [6, 6.07) is 1.45. The Kier molecular flexibility index (Phi) is 2.82. The topological polar surface area (TPSA) is 81.1 Å². The van der Waals surface area contributed by atoms with Gasteiger partial charge in [0.2, 0.25) is 0 Å². The van der Waals surface area contributed by atoms with Gasteiger partial charge < -0.3 is 15.6 Å². The monoisotopic (exact) mass is 169 g/mol. The van der Waals surface area contributed by atoms with Crippen LogP contribution in [0.5, 0.6) is 0 Å². The van der Waals surface area contributed by atoms with E-state index in [9.17, 15) is 4.79 Å². The molecule has 0 aliphatic rings. The Morgan fingerprint density at radius 1 is 1.92 bits per heavy atom. The van der Waals surface area contributed by atoms with Crippen LogP contribution in [-0.4, -0.2) is 23.7 Å². The van der Waals surface area contributed by atoms with E-state index in [0.29, 0.717) is 6.54 Å². The lowest BCUT2D eigenvalue weighted by Crippen LogP contribution is -2.37. The summed E-state index contributed by atoms with van der Waals surface area (Å²) >= 11 is 0. The Labute approximate surface area is 69.9 Å². The zero-order chi connectivity index (χ0) is 8.97. The fourth-order valence-corrected chi connectivity index (χ4v) is 0.686. The molecule has 1 unspecified atom stereocenters. The lowest BCUT2D eigenvalue weighted by atomic mass is 10.3. The van der Waals surface area contributed by atoms with Crippen LogP contribution in [0.2, 0.25) is 0 Å². The molecule has 0 saturated heterocycles. The first-order chi connectivity index (χ1) is 5.74. The predicted octanol–water partition coefficient (Wildman–Crippen LogP) is -0.248. The van der Waals surface area contributed by atoms with E-state index in [1.807, 2.05) is 6.92 Å². The van der Waals surface area contributed by atoms with E-state index in [1.54, 1.807) is 0 Å². The lowest BCUT2D eigenvalue weighted by Gasteiger charge is -2.08. The molecular formula is C7H11N3O2. The fraction of sp³-hybridized carbons (Fsp3) is 0.429. The first kappa shape index (κ1) is 8.73. The van der Waals surface area contributed by atoms with Crippen LogP contribution >= 0.6 is 0 Å². The number of rotatable bonds is 3. The fourth-order valence-electron chi connectivity index (χ4n) is 0.686. The van der Waals surface area contributed by atoms with Crippen molar-refractivity contribution in [1.29, 1.82) is 0 Å². The summed E-state index contributed by atoms with van der Waals surface area (Å²) in [6.45, 7) is 2.22. The SMILES string of the molecule is CC(CN)NC(=O)c1ccon1. The molecule has 5 nitrogen and oxygen atoms in total. The van der Waals surface area contributed by atoms with Gasteiger partial charge >= 0.3 is 0 Å². The summed E-state index contributed by atoms with van der Waals surface area (Å²) in [4.78, 5) is 11.2. The minimum absolute atomic E-state index is 0.0470. The van der Waals surface area contributed by atoms with Crippen LogP contribution in [0.25, 0.3) is 0 Å². The molecule has 66 valence electrons. The average molecular weight is 169 g/mol. The van der Waals surface area contributed by atoms with Crippen molar-refractivity contribution in [3.05, 3.63) is 18.0 Å². The summed E-state index contributed by atoms with van der Waals surface area (Å²) in [6.07, 6.45) is 1.35. The van der Waals surface area contributed by atoms with Gasteiger partial charge in [0.25, 0.3) is 5.91 Å². The number of carbonyl (C=O) groups is 1. The van der Waals surface area contributed by atoms with Crippen LogP contribution in [0.4, 0.5) is 0 Å². The maximum Gasteiger partial charge on any atom is 0.273 e. The molecule has 0 fully saturated rings. The first-order valence-electron chi connectivity index (χ1n) is 3.65. The van der Waals surface area contributed by atoms with Crippen molar-refractivity contribution >= 4 is 5.91 Å². The first-order valence-corrected chi connectivity index (χ1v) is 3.65. The molecule has 0 saturated carbocycles. The van der Waals surface area contributed by atoms with E-state index >= 15 is 0 Å². The molecule has 0 aliphatic heterocycles. The number of nitrogens with two attached hydrogens (primary N) is 1. The van der Waals surface area contributed by atoms with Gasteiger partial charge in [-0.15, -0.1) is 0 Å². The van der Waals surface area contributed by atoms with Gasteiger partial charge in [0.15, 0.2) is 5.69 Å². The van der Waals surface area contributed by atoms with E-state index in [4.69, 9.17) is 5.73 Å². The maximum absolute atomic E-state index is 11.2. The number of hydrogen-bond acceptors (Lipinski definition) is 4. The van der Waals surface area contributed by atoms with Crippen molar-refractivity contribution < 1.29 is 9.32 Å². The minimum Gasteiger partial charge on any atom is -0.364 e. The second-order valence-corrected chi connectivity index (χ2v) is 2.49. The molecular weight excluding hydrogens is 158 g/mol. The molecule has 5 heteroatoms. The van der Waals surface area contributed by atoms with Crippen LogP contribution in [0, 0.1) is 0 Å². The average Bonchev–Trinajstić information content (AvgIpc) is 2.56. The largest absolute Gasteiger partial charge is 0.364 e. The van der Waals surface area contributed by atoms with Crippen molar-refractivity contribution in [2.45, 2.75) is 13.0 Å². The molecule has 0 bridgehead atoms. The molecule has 1 amide bonds. The van der Waals surface area contributed by atoms with Gasteiger partial charge in [0.05, 0.1) is 0 Å². The van der Waals surface area contributed by atoms with Crippen LogP contribution < -0.4 is 11.1 Å². The highest BCUT2D eigenvalue weighted by molar-refractivity contribution is 5.92. The smallest absolute Gasteiger partial charge is 0.273 e. The molecule has 1 atom stereocenters. The van der Waals surface area contributed by atoms with E-state index in [1.165, 1.54) is 12.3 Å². The number of aromatic nitrogens is 1. The second kappa shape index (κ2) is 3.87. The Bertz CT molecular complexity index is 245. The molecule has 1 heterocycles. The zero-order valence-electron chi connectivity index (χ0n) is 6.78. The van der Waals surface area contributed by atoms with Gasteiger partial charge in [-0.05, 0) is 6.92 Å². The third-order valence-electron chi connectivity index (χ3n) is 1.40. The normalized spacial score (nSPS) is 12.5. The Morgan fingerprint density at radius 3 is 3.17 bits per heavy atom. The highest BCUT2D eigenvalue weighted by Gasteiger charge is 2.10. The highest BCUT2D eigenvalue weighted by atomic mass is 16.5. The van der Waals surface area contributed by atoms with Gasteiger partial charge in [-0.1, -0.05) is 5.16 Å². The maximum atomic E-state index is 11.2. The predicted molar refractivity (Wildman–Crippen MR) is 42.5 cm³/mol. The van der Waals surface area contributed by atoms with E-state index in [-0.39, 0.29) is 17.6 Å². The van der Waals surface area contributed by atoms with Crippen molar-refractivity contribution in [2.24, 2.45) is 5.73 Å². The van der Waals surface area contributed by atoms with Gasteiger partial charge in [-0.2, -0.15) is 0 Å². The Balaban J connectivity index is 2.50. The number of nitrogens with zero attached hydrogens (tertiary/aromatic N) is 1. The van der Waals surface area contributed by atoms with Gasteiger partial charge in [0.1, 0.15) is 6.26 Å². The molecule has 0 aliphatic carbocycles. The van der Waals surface area contributed by atoms with Crippen LogP contribution in [0.1, 0.15) is 17.4 Å². The van der Waals surface area contributed by atoms with Crippen LogP contribution in [0.3, 0.4) is 0 Å². The molecule has 12 heavy (non-hydrogen) atoms. The molecule has 1 aromatic heterocycles. The standard InChI is InChI=1S/C7H11N3O2/c1-5(4-8)9-7(11)6-2-3-12-10-6/h2-3,5H,4,8H2,1H3,(H,9,11). The summed E-state index contributed by atoms with van der Waals surface area (Å²) in [5, 5.41) is 6.12. The lowest BCUT2D eigenvalue weighted by molar-refractivity contribution is 0.0932. The summed E-state index contributed by atoms with van der Waals surface area (Å²) < 4.78 is 4.51. The molecule has 0 aromatic carbocycles. The molecule has 3 N–H and O–H groups in total. The zero-order valence-corrected chi connectivity index (χ0v) is 6.78. The minimum atomic E-state index is -0.262. The van der Waals surface area contributed by atoms with E-state index in [0.717, 1.165) is 0 Å². The molecule has 0 radical (unpaired) electrons. The molecule has 0 spiro atoms. The van der Waals surface area contributed by atoms with Crippen LogP contribution in [-0.2, 0) is 0 Å². The number of nitrogens with one attached hydrogen (secondary N) is 1. The summed E-state index contributed by atoms with van der Waals surface area (Å²) in [7, 11) is 0. The van der Waals surface area contributed by atoms with E-state index in [2.05, 4.69) is 15.0 Å². The van der Waals surface area contributed by atoms with Gasteiger partial charge in [-0.3, -0.25) is 4.79 Å². The van der Waals surface area contributed by atoms with Crippen molar-refractivity contribution in [3.8, 4) is 0 Å². The summed E-state index contributed by atoms with van der Waals surface area (Å²) in [5.74, 6) is -0.262. The number of amides is 1. The molecule has 1 rings (SSSR count). The highest BCUT2D eigenvalue weighted by Crippen LogP contribution is 1.94. The Morgan fingerprint density at radius 2 is 2.67 bits per heavy atom. The van der Waals surface area contributed by atoms with Crippen molar-refractivity contribution in [1.82, 2.24) is 10.5 Å². The number of carbonyl (C=O) groups excluding carboxylic acids is 1. The van der Waals surface area contributed by atoms with E-state index < -0.39 is 0 Å². The second-order valence-electron chi connectivity index (χ2n) is 2.49. The Hall–Kier alpha value is -1.36. The van der Waals surface area contributed by atoms with Crippen LogP contribution in [0.15, 0.2) is 16.9 Å². The third-order valence-corrected chi connectivity index (χ3v) is 1.40.